The number of anilines is 1. The fourth-order valence-electron chi connectivity index (χ4n) is 2.62. The third-order valence-electron chi connectivity index (χ3n) is 3.58. The van der Waals surface area contributed by atoms with Gasteiger partial charge in [0.15, 0.2) is 0 Å². The molecular weight excluding hydrogens is 262 g/mol. The molecule has 19 heavy (non-hydrogen) atoms. The molecule has 1 aromatic carbocycles. The lowest BCUT2D eigenvalue weighted by atomic mass is 9.96. The summed E-state index contributed by atoms with van der Waals surface area (Å²) in [4.78, 5) is 0.240. The summed E-state index contributed by atoms with van der Waals surface area (Å²) >= 11 is 0. The normalized spacial score (nSPS) is 22.0. The van der Waals surface area contributed by atoms with E-state index >= 15 is 0 Å². The minimum absolute atomic E-state index is 0.240. The summed E-state index contributed by atoms with van der Waals surface area (Å²) in [6.07, 6.45) is 5.78. The molecule has 1 saturated carbocycles. The van der Waals surface area contributed by atoms with Crippen molar-refractivity contribution < 1.29 is 8.42 Å². The van der Waals surface area contributed by atoms with Crippen molar-refractivity contribution in [2.45, 2.75) is 43.0 Å². The van der Waals surface area contributed by atoms with Gasteiger partial charge in [-0.25, -0.2) is 0 Å². The summed E-state index contributed by atoms with van der Waals surface area (Å²) in [6.45, 7) is 0. The Hall–Kier alpha value is -1.56. The maximum atomic E-state index is 12.1. The first kappa shape index (κ1) is 12.5. The lowest BCUT2D eigenvalue weighted by Gasteiger charge is -2.26. The summed E-state index contributed by atoms with van der Waals surface area (Å²) in [6, 6.07) is 7.15. The van der Waals surface area contributed by atoms with Crippen LogP contribution in [-0.4, -0.2) is 20.4 Å². The predicted molar refractivity (Wildman–Crippen MR) is 74.7 cm³/mol. The van der Waals surface area contributed by atoms with Gasteiger partial charge in [-0.15, -0.1) is 4.40 Å². The van der Waals surface area contributed by atoms with Crippen molar-refractivity contribution >= 4 is 21.7 Å². The second-order valence-electron chi connectivity index (χ2n) is 5.02. The summed E-state index contributed by atoms with van der Waals surface area (Å²) in [7, 11) is -3.58. The van der Waals surface area contributed by atoms with Crippen molar-refractivity contribution in [1.29, 1.82) is 0 Å². The van der Waals surface area contributed by atoms with Crippen molar-refractivity contribution in [1.82, 2.24) is 5.32 Å². The zero-order chi connectivity index (χ0) is 13.3. The Labute approximate surface area is 113 Å². The van der Waals surface area contributed by atoms with Gasteiger partial charge in [0.05, 0.1) is 5.69 Å². The van der Waals surface area contributed by atoms with Crippen molar-refractivity contribution in [3.05, 3.63) is 24.3 Å². The van der Waals surface area contributed by atoms with E-state index < -0.39 is 10.0 Å². The van der Waals surface area contributed by atoms with Gasteiger partial charge in [-0.05, 0) is 25.0 Å². The average Bonchev–Trinajstić information content (AvgIpc) is 2.39. The quantitative estimate of drug-likeness (QED) is 0.825. The van der Waals surface area contributed by atoms with Crippen LogP contribution in [0.1, 0.15) is 32.1 Å². The van der Waals surface area contributed by atoms with Crippen LogP contribution in [0.4, 0.5) is 5.69 Å². The molecule has 6 heteroatoms. The van der Waals surface area contributed by atoms with Gasteiger partial charge >= 0.3 is 0 Å². The molecule has 2 aliphatic rings. The van der Waals surface area contributed by atoms with Crippen LogP contribution in [-0.2, 0) is 10.0 Å². The van der Waals surface area contributed by atoms with E-state index in [4.69, 9.17) is 0 Å². The molecule has 0 atom stereocenters. The highest BCUT2D eigenvalue weighted by molar-refractivity contribution is 7.90. The van der Waals surface area contributed by atoms with Gasteiger partial charge in [0.2, 0.25) is 5.96 Å². The Morgan fingerprint density at radius 1 is 1.16 bits per heavy atom. The Morgan fingerprint density at radius 3 is 2.68 bits per heavy atom. The summed E-state index contributed by atoms with van der Waals surface area (Å²) in [5, 5.41) is 6.27. The van der Waals surface area contributed by atoms with Crippen LogP contribution < -0.4 is 10.6 Å². The Morgan fingerprint density at radius 2 is 1.89 bits per heavy atom. The van der Waals surface area contributed by atoms with Gasteiger partial charge in [-0.3, -0.25) is 0 Å². The van der Waals surface area contributed by atoms with Crippen molar-refractivity contribution in [3.8, 4) is 0 Å². The van der Waals surface area contributed by atoms with E-state index in [0.29, 0.717) is 17.7 Å². The summed E-state index contributed by atoms with van der Waals surface area (Å²) < 4.78 is 27.9. The zero-order valence-electron chi connectivity index (χ0n) is 10.6. The predicted octanol–water partition coefficient (Wildman–Crippen LogP) is 2.08. The van der Waals surface area contributed by atoms with Crippen LogP contribution in [0.3, 0.4) is 0 Å². The second kappa shape index (κ2) is 4.85. The van der Waals surface area contributed by atoms with Gasteiger partial charge in [0.1, 0.15) is 4.90 Å². The fourth-order valence-corrected chi connectivity index (χ4v) is 3.70. The number of guanidine groups is 1. The van der Waals surface area contributed by atoms with Crippen molar-refractivity contribution in [2.24, 2.45) is 4.40 Å². The molecule has 0 amide bonds. The highest BCUT2D eigenvalue weighted by Gasteiger charge is 2.25. The average molecular weight is 279 g/mol. The Balaban J connectivity index is 1.83. The molecule has 0 saturated heterocycles. The highest BCUT2D eigenvalue weighted by Crippen LogP contribution is 2.26. The molecule has 1 heterocycles. The molecule has 1 aliphatic carbocycles. The Bertz CT molecular complexity index is 604. The van der Waals surface area contributed by atoms with E-state index in [2.05, 4.69) is 15.0 Å². The number of nitrogens with zero attached hydrogens (tertiary/aromatic N) is 1. The van der Waals surface area contributed by atoms with Gasteiger partial charge < -0.3 is 10.6 Å². The molecule has 5 nitrogen and oxygen atoms in total. The van der Waals surface area contributed by atoms with Crippen molar-refractivity contribution in [3.63, 3.8) is 0 Å². The number of sulfonamides is 1. The number of hydrogen-bond donors (Lipinski definition) is 2. The van der Waals surface area contributed by atoms with Crippen LogP contribution in [0.15, 0.2) is 33.6 Å². The standard InChI is InChI=1S/C13H17N3O2S/c17-19(18)12-9-5-4-8-11(12)15-13(16-19)14-10-6-2-1-3-7-10/h4-5,8-10H,1-3,6-7H2,(H2,14,15,16). The first-order valence-electron chi connectivity index (χ1n) is 6.63. The second-order valence-corrected chi connectivity index (χ2v) is 6.59. The van der Waals surface area contributed by atoms with Crippen LogP contribution in [0.25, 0.3) is 0 Å². The summed E-state index contributed by atoms with van der Waals surface area (Å²) in [5.41, 5.74) is 0.593. The fraction of sp³-hybridized carbons (Fsp3) is 0.462. The molecule has 102 valence electrons. The number of nitrogens with one attached hydrogen (secondary N) is 2. The SMILES string of the molecule is O=S1(=O)N=C(NC2CCCCC2)Nc2ccccc21. The van der Waals surface area contributed by atoms with Gasteiger partial charge in [0, 0.05) is 6.04 Å². The molecule has 2 N–H and O–H groups in total. The van der Waals surface area contributed by atoms with Crippen LogP contribution in [0, 0.1) is 0 Å². The van der Waals surface area contributed by atoms with Crippen LogP contribution in [0.5, 0.6) is 0 Å². The van der Waals surface area contributed by atoms with Crippen LogP contribution >= 0.6 is 0 Å². The topological polar surface area (TPSA) is 70.6 Å². The Kier molecular flexibility index (Phi) is 3.18. The highest BCUT2D eigenvalue weighted by atomic mass is 32.2. The molecule has 0 radical (unpaired) electrons. The van der Waals surface area contributed by atoms with E-state index in [1.807, 2.05) is 6.07 Å². The number of fused-ring (bicyclic) bond motifs is 1. The number of hydrogen-bond acceptors (Lipinski definition) is 4. The van der Waals surface area contributed by atoms with E-state index in [9.17, 15) is 8.42 Å². The van der Waals surface area contributed by atoms with E-state index in [1.165, 1.54) is 19.3 Å². The molecule has 0 aromatic heterocycles. The molecule has 0 spiro atoms. The maximum absolute atomic E-state index is 12.1. The molecule has 1 aromatic rings. The van der Waals surface area contributed by atoms with E-state index in [0.717, 1.165) is 12.8 Å². The number of para-hydroxylation sites is 1. The number of benzene rings is 1. The third kappa shape index (κ3) is 2.58. The summed E-state index contributed by atoms with van der Waals surface area (Å²) in [5.74, 6) is 0.352. The first-order chi connectivity index (χ1) is 9.15. The lowest BCUT2D eigenvalue weighted by Crippen LogP contribution is -2.42. The van der Waals surface area contributed by atoms with E-state index in [-0.39, 0.29) is 4.90 Å². The molecular formula is C13H17N3O2S. The third-order valence-corrected chi connectivity index (χ3v) is 4.91. The smallest absolute Gasteiger partial charge is 0.287 e. The largest absolute Gasteiger partial charge is 0.352 e. The van der Waals surface area contributed by atoms with E-state index in [1.54, 1.807) is 18.2 Å². The van der Waals surface area contributed by atoms with Gasteiger partial charge in [-0.1, -0.05) is 31.4 Å². The molecule has 0 bridgehead atoms. The zero-order valence-corrected chi connectivity index (χ0v) is 11.4. The molecule has 0 unspecified atom stereocenters. The lowest BCUT2D eigenvalue weighted by molar-refractivity contribution is 0.413. The number of rotatable bonds is 1. The van der Waals surface area contributed by atoms with Gasteiger partial charge in [-0.2, -0.15) is 8.42 Å². The minimum atomic E-state index is -3.58. The van der Waals surface area contributed by atoms with Crippen molar-refractivity contribution in [2.75, 3.05) is 5.32 Å². The molecule has 3 rings (SSSR count). The first-order valence-corrected chi connectivity index (χ1v) is 8.07. The van der Waals surface area contributed by atoms with Crippen LogP contribution in [0.2, 0.25) is 0 Å². The van der Waals surface area contributed by atoms with Gasteiger partial charge in [0.25, 0.3) is 10.0 Å². The minimum Gasteiger partial charge on any atom is -0.352 e. The molecule has 1 aliphatic heterocycles. The molecule has 1 fully saturated rings. The maximum Gasteiger partial charge on any atom is 0.287 e. The monoisotopic (exact) mass is 279 g/mol.